The van der Waals surface area contributed by atoms with E-state index in [0.29, 0.717) is 0 Å². The van der Waals surface area contributed by atoms with Gasteiger partial charge >= 0.3 is 5.97 Å². The molecule has 0 spiro atoms. The number of benzene rings is 1. The number of fused-ring (bicyclic) bond motifs is 1. The fourth-order valence-electron chi connectivity index (χ4n) is 2.06. The van der Waals surface area contributed by atoms with E-state index in [2.05, 4.69) is 30.3 Å². The number of rotatable bonds is 2. The molecule has 1 aromatic heterocycles. The van der Waals surface area contributed by atoms with E-state index in [1.165, 1.54) is 0 Å². The van der Waals surface area contributed by atoms with Gasteiger partial charge in [-0.1, -0.05) is 20.8 Å². The van der Waals surface area contributed by atoms with E-state index in [0.717, 1.165) is 23.4 Å². The van der Waals surface area contributed by atoms with Crippen LogP contribution in [-0.4, -0.2) is 20.6 Å². The lowest BCUT2D eigenvalue weighted by Gasteiger charge is -2.20. The summed E-state index contributed by atoms with van der Waals surface area (Å²) in [7, 11) is 0. The number of carboxylic acid groups (broad SMARTS) is 1. The van der Waals surface area contributed by atoms with E-state index >= 15 is 0 Å². The monoisotopic (exact) mass is 246 g/mol. The minimum absolute atomic E-state index is 0.157. The fourth-order valence-corrected chi connectivity index (χ4v) is 2.06. The molecule has 0 aliphatic carbocycles. The normalized spacial score (nSPS) is 12.0. The molecule has 0 aliphatic rings. The van der Waals surface area contributed by atoms with Gasteiger partial charge in [0.15, 0.2) is 0 Å². The summed E-state index contributed by atoms with van der Waals surface area (Å²) < 4.78 is 2.14. The molecule has 1 aromatic carbocycles. The lowest BCUT2D eigenvalue weighted by atomic mass is 9.97. The molecule has 4 heteroatoms. The van der Waals surface area contributed by atoms with Crippen LogP contribution >= 0.6 is 0 Å². The average Bonchev–Trinajstić information content (AvgIpc) is 2.52. The Morgan fingerprint density at radius 2 is 2.06 bits per heavy atom. The quantitative estimate of drug-likeness (QED) is 0.885. The zero-order valence-corrected chi connectivity index (χ0v) is 11.2. The number of carboxylic acids is 1. The second-order valence-electron chi connectivity index (χ2n) is 5.81. The van der Waals surface area contributed by atoms with Gasteiger partial charge in [0, 0.05) is 6.54 Å². The van der Waals surface area contributed by atoms with Gasteiger partial charge in [-0.3, -0.25) is 0 Å². The summed E-state index contributed by atoms with van der Waals surface area (Å²) in [5.41, 5.74) is 2.18. The molecule has 96 valence electrons. The Morgan fingerprint density at radius 3 is 2.61 bits per heavy atom. The minimum atomic E-state index is -0.917. The molecule has 1 heterocycles. The summed E-state index contributed by atoms with van der Waals surface area (Å²) in [6.07, 6.45) is 0. The van der Waals surface area contributed by atoms with Gasteiger partial charge in [-0.05, 0) is 30.5 Å². The number of aromatic carboxylic acids is 1. The second-order valence-corrected chi connectivity index (χ2v) is 5.81. The number of imidazole rings is 1. The van der Waals surface area contributed by atoms with Gasteiger partial charge in [0.25, 0.3) is 0 Å². The zero-order valence-electron chi connectivity index (χ0n) is 11.2. The molecule has 0 unspecified atom stereocenters. The molecule has 2 aromatic rings. The summed E-state index contributed by atoms with van der Waals surface area (Å²) >= 11 is 0. The second kappa shape index (κ2) is 4.12. The largest absolute Gasteiger partial charge is 0.478 e. The number of nitrogens with zero attached hydrogens (tertiary/aromatic N) is 2. The van der Waals surface area contributed by atoms with Crippen LogP contribution in [0.15, 0.2) is 18.2 Å². The van der Waals surface area contributed by atoms with Crippen LogP contribution < -0.4 is 0 Å². The van der Waals surface area contributed by atoms with Gasteiger partial charge in [0.1, 0.15) is 5.82 Å². The molecule has 0 atom stereocenters. The highest BCUT2D eigenvalue weighted by atomic mass is 16.4. The van der Waals surface area contributed by atoms with Crippen LogP contribution in [0.5, 0.6) is 0 Å². The number of aryl methyl sites for hydroxylation is 1. The van der Waals surface area contributed by atoms with Crippen LogP contribution in [0.25, 0.3) is 11.0 Å². The first kappa shape index (κ1) is 12.6. The van der Waals surface area contributed by atoms with E-state index in [1.807, 2.05) is 13.0 Å². The summed E-state index contributed by atoms with van der Waals surface area (Å²) in [5.74, 6) is 0.00221. The highest BCUT2D eigenvalue weighted by molar-refractivity contribution is 5.92. The molecular weight excluding hydrogens is 228 g/mol. The Bertz CT molecular complexity index is 606. The van der Waals surface area contributed by atoms with Crippen molar-refractivity contribution >= 4 is 17.0 Å². The van der Waals surface area contributed by atoms with Crippen molar-refractivity contribution in [3.8, 4) is 0 Å². The van der Waals surface area contributed by atoms with Crippen LogP contribution in [0.4, 0.5) is 0 Å². The third-order valence-electron chi connectivity index (χ3n) is 2.82. The predicted molar refractivity (Wildman–Crippen MR) is 70.9 cm³/mol. The molecule has 18 heavy (non-hydrogen) atoms. The van der Waals surface area contributed by atoms with Crippen LogP contribution in [0.1, 0.15) is 37.0 Å². The molecule has 0 saturated heterocycles. The van der Waals surface area contributed by atoms with Crippen molar-refractivity contribution in [2.24, 2.45) is 5.41 Å². The van der Waals surface area contributed by atoms with Crippen LogP contribution in [-0.2, 0) is 6.54 Å². The van der Waals surface area contributed by atoms with Crippen molar-refractivity contribution in [3.05, 3.63) is 29.6 Å². The van der Waals surface area contributed by atoms with Crippen molar-refractivity contribution in [3.63, 3.8) is 0 Å². The smallest absolute Gasteiger partial charge is 0.335 e. The summed E-state index contributed by atoms with van der Waals surface area (Å²) in [6.45, 7) is 9.33. The lowest BCUT2D eigenvalue weighted by molar-refractivity contribution is 0.0697. The van der Waals surface area contributed by atoms with Gasteiger partial charge in [-0.2, -0.15) is 0 Å². The van der Waals surface area contributed by atoms with Gasteiger partial charge < -0.3 is 9.67 Å². The summed E-state index contributed by atoms with van der Waals surface area (Å²) in [6, 6.07) is 5.10. The average molecular weight is 246 g/mol. The van der Waals surface area contributed by atoms with E-state index in [4.69, 9.17) is 5.11 Å². The van der Waals surface area contributed by atoms with Crippen molar-refractivity contribution in [1.82, 2.24) is 9.55 Å². The molecule has 0 amide bonds. The molecule has 0 aliphatic heterocycles. The van der Waals surface area contributed by atoms with Crippen molar-refractivity contribution in [1.29, 1.82) is 0 Å². The lowest BCUT2D eigenvalue weighted by Crippen LogP contribution is -2.16. The first-order valence-corrected chi connectivity index (χ1v) is 5.98. The van der Waals surface area contributed by atoms with Gasteiger partial charge in [-0.15, -0.1) is 0 Å². The third-order valence-corrected chi connectivity index (χ3v) is 2.82. The Kier molecular flexibility index (Phi) is 2.89. The minimum Gasteiger partial charge on any atom is -0.478 e. The van der Waals surface area contributed by atoms with Crippen molar-refractivity contribution < 1.29 is 9.90 Å². The number of aromatic nitrogens is 2. The summed E-state index contributed by atoms with van der Waals surface area (Å²) in [5, 5.41) is 8.97. The zero-order chi connectivity index (χ0) is 13.5. The maximum Gasteiger partial charge on any atom is 0.335 e. The molecule has 0 fully saturated rings. The molecule has 4 nitrogen and oxygen atoms in total. The Morgan fingerprint density at radius 1 is 1.39 bits per heavy atom. The summed E-state index contributed by atoms with van der Waals surface area (Å²) in [4.78, 5) is 15.4. The Balaban J connectivity index is 2.55. The van der Waals surface area contributed by atoms with E-state index in [-0.39, 0.29) is 11.0 Å². The maximum atomic E-state index is 10.9. The van der Waals surface area contributed by atoms with Crippen molar-refractivity contribution in [2.75, 3.05) is 0 Å². The molecule has 1 N–H and O–H groups in total. The predicted octanol–water partition coefficient (Wildman–Crippen LogP) is 3.09. The first-order valence-electron chi connectivity index (χ1n) is 5.98. The van der Waals surface area contributed by atoms with E-state index in [9.17, 15) is 4.79 Å². The molecular formula is C14H18N2O2. The third kappa shape index (κ3) is 2.37. The van der Waals surface area contributed by atoms with Crippen LogP contribution in [0.2, 0.25) is 0 Å². The number of hydrogen-bond donors (Lipinski definition) is 1. The van der Waals surface area contributed by atoms with Gasteiger partial charge in [-0.25, -0.2) is 9.78 Å². The first-order chi connectivity index (χ1) is 8.28. The maximum absolute atomic E-state index is 10.9. The van der Waals surface area contributed by atoms with Crippen LogP contribution in [0.3, 0.4) is 0 Å². The molecule has 0 radical (unpaired) electrons. The molecule has 0 bridgehead atoms. The van der Waals surface area contributed by atoms with E-state index < -0.39 is 5.97 Å². The van der Waals surface area contributed by atoms with Crippen molar-refractivity contribution in [2.45, 2.75) is 34.2 Å². The highest BCUT2D eigenvalue weighted by Crippen LogP contribution is 2.23. The number of hydrogen-bond acceptors (Lipinski definition) is 2. The number of carbonyl (C=O) groups is 1. The van der Waals surface area contributed by atoms with E-state index in [1.54, 1.807) is 12.1 Å². The molecule has 0 saturated carbocycles. The molecule has 2 rings (SSSR count). The topological polar surface area (TPSA) is 55.1 Å². The highest BCUT2D eigenvalue weighted by Gasteiger charge is 2.16. The van der Waals surface area contributed by atoms with Gasteiger partial charge in [0.05, 0.1) is 16.6 Å². The standard InChI is InChI=1S/C14H18N2O2/c1-9-15-11-7-10(13(17)18)5-6-12(11)16(9)8-14(2,3)4/h5-7H,8H2,1-4H3,(H,17,18). The SMILES string of the molecule is Cc1nc2cc(C(=O)O)ccc2n1CC(C)(C)C. The Hall–Kier alpha value is -1.84. The van der Waals surface area contributed by atoms with Crippen LogP contribution in [0, 0.1) is 12.3 Å². The fraction of sp³-hybridized carbons (Fsp3) is 0.429. The van der Waals surface area contributed by atoms with Gasteiger partial charge in [0.2, 0.25) is 0 Å². The Labute approximate surface area is 106 Å².